The van der Waals surface area contributed by atoms with Gasteiger partial charge >= 0.3 is 5.97 Å². The number of nitriles is 1. The molecule has 1 fully saturated rings. The van der Waals surface area contributed by atoms with Crippen molar-refractivity contribution < 1.29 is 14.6 Å². The van der Waals surface area contributed by atoms with Crippen molar-refractivity contribution in [2.75, 3.05) is 26.2 Å². The van der Waals surface area contributed by atoms with Crippen molar-refractivity contribution in [3.63, 3.8) is 0 Å². The van der Waals surface area contributed by atoms with Crippen LogP contribution in [0, 0.1) is 11.3 Å². The predicted octanol–water partition coefficient (Wildman–Crippen LogP) is -0.100. The fourth-order valence-corrected chi connectivity index (χ4v) is 1.55. The van der Waals surface area contributed by atoms with Gasteiger partial charge in [0.1, 0.15) is 13.0 Å². The number of esters is 1. The second-order valence-corrected chi connectivity index (χ2v) is 3.63. The summed E-state index contributed by atoms with van der Waals surface area (Å²) in [6, 6.07) is 1.74. The van der Waals surface area contributed by atoms with Crippen molar-refractivity contribution in [1.82, 2.24) is 4.90 Å². The Morgan fingerprint density at radius 3 is 2.80 bits per heavy atom. The number of carbonyl (C=O) groups is 1. The number of carbonyl (C=O) groups excluding carboxylic acids is 1. The number of piperidine rings is 1. The Labute approximate surface area is 89.2 Å². The van der Waals surface area contributed by atoms with Crippen LogP contribution in [-0.4, -0.2) is 48.3 Å². The summed E-state index contributed by atoms with van der Waals surface area (Å²) in [6.07, 6.45) is 1.21. The quantitative estimate of drug-likeness (QED) is 0.659. The first-order valence-electron chi connectivity index (χ1n) is 5.15. The molecule has 1 heterocycles. The van der Waals surface area contributed by atoms with Crippen LogP contribution in [0.15, 0.2) is 0 Å². The maximum atomic E-state index is 10.8. The zero-order valence-corrected chi connectivity index (χ0v) is 8.69. The summed E-state index contributed by atoms with van der Waals surface area (Å²) in [7, 11) is 0. The van der Waals surface area contributed by atoms with E-state index in [1.54, 1.807) is 6.07 Å². The molecule has 0 aliphatic carbocycles. The van der Waals surface area contributed by atoms with E-state index in [2.05, 4.69) is 4.90 Å². The van der Waals surface area contributed by atoms with Crippen LogP contribution >= 0.6 is 0 Å². The minimum atomic E-state index is -0.463. The first-order valence-corrected chi connectivity index (χ1v) is 5.15. The Kier molecular flexibility index (Phi) is 5.08. The van der Waals surface area contributed by atoms with Gasteiger partial charge in [0.25, 0.3) is 0 Å². The Balaban J connectivity index is 2.05. The Bertz CT molecular complexity index is 242. The van der Waals surface area contributed by atoms with Crippen LogP contribution in [0.2, 0.25) is 0 Å². The average molecular weight is 212 g/mol. The lowest BCUT2D eigenvalue weighted by Crippen LogP contribution is -2.38. The molecule has 0 aromatic rings. The molecule has 15 heavy (non-hydrogen) atoms. The third kappa shape index (κ3) is 4.77. The summed E-state index contributed by atoms with van der Waals surface area (Å²) >= 11 is 0. The molecule has 0 aromatic carbocycles. The second kappa shape index (κ2) is 6.38. The molecule has 0 amide bonds. The third-order valence-corrected chi connectivity index (χ3v) is 2.45. The maximum absolute atomic E-state index is 10.8. The molecule has 0 aromatic heterocycles. The Morgan fingerprint density at radius 2 is 2.20 bits per heavy atom. The monoisotopic (exact) mass is 212 g/mol. The first-order chi connectivity index (χ1) is 7.22. The largest absolute Gasteiger partial charge is 0.464 e. The molecule has 0 unspecified atom stereocenters. The number of hydrogen-bond acceptors (Lipinski definition) is 5. The molecular formula is C10H16N2O3. The van der Waals surface area contributed by atoms with E-state index in [1.807, 2.05) is 0 Å². The van der Waals surface area contributed by atoms with Crippen molar-refractivity contribution in [2.45, 2.75) is 25.4 Å². The average Bonchev–Trinajstić information content (AvgIpc) is 2.21. The summed E-state index contributed by atoms with van der Waals surface area (Å²) in [6.45, 7) is 2.70. The van der Waals surface area contributed by atoms with Gasteiger partial charge in [0.2, 0.25) is 0 Å². The molecule has 5 heteroatoms. The normalized spacial score (nSPS) is 18.4. The Hall–Kier alpha value is -1.12. The summed E-state index contributed by atoms with van der Waals surface area (Å²) in [5.74, 6) is -0.463. The van der Waals surface area contributed by atoms with E-state index in [9.17, 15) is 9.90 Å². The topological polar surface area (TPSA) is 73.6 Å². The lowest BCUT2D eigenvalue weighted by molar-refractivity contribution is -0.143. The third-order valence-electron chi connectivity index (χ3n) is 2.45. The highest BCUT2D eigenvalue weighted by molar-refractivity contribution is 5.71. The van der Waals surface area contributed by atoms with Gasteiger partial charge in [0.05, 0.1) is 12.2 Å². The number of nitrogens with zero attached hydrogens (tertiary/aromatic N) is 2. The molecule has 5 nitrogen and oxygen atoms in total. The molecule has 0 spiro atoms. The molecule has 0 radical (unpaired) electrons. The zero-order chi connectivity index (χ0) is 11.1. The highest BCUT2D eigenvalue weighted by Crippen LogP contribution is 2.08. The van der Waals surface area contributed by atoms with Crippen LogP contribution in [0.4, 0.5) is 0 Å². The number of rotatable bonds is 4. The van der Waals surface area contributed by atoms with Crippen LogP contribution in [0.25, 0.3) is 0 Å². The lowest BCUT2D eigenvalue weighted by atomic mass is 10.1. The summed E-state index contributed by atoms with van der Waals surface area (Å²) in [5.41, 5.74) is 0. The number of ether oxygens (including phenoxy) is 1. The lowest BCUT2D eigenvalue weighted by Gasteiger charge is -2.28. The van der Waals surface area contributed by atoms with Crippen LogP contribution in [0.5, 0.6) is 0 Å². The SMILES string of the molecule is N#CCC(=O)OCCN1CCC(O)CC1. The molecule has 84 valence electrons. The second-order valence-electron chi connectivity index (χ2n) is 3.63. The minimum absolute atomic E-state index is 0.178. The van der Waals surface area contributed by atoms with Gasteiger partial charge in [-0.15, -0.1) is 0 Å². The standard InChI is InChI=1S/C10H16N2O3/c11-4-1-10(14)15-8-7-12-5-2-9(13)3-6-12/h9,13H,1-3,5-8H2. The van der Waals surface area contributed by atoms with Crippen molar-refractivity contribution in [2.24, 2.45) is 0 Å². The summed E-state index contributed by atoms with van der Waals surface area (Å²) < 4.78 is 4.85. The van der Waals surface area contributed by atoms with Crippen molar-refractivity contribution in [1.29, 1.82) is 5.26 Å². The van der Waals surface area contributed by atoms with Crippen LogP contribution in [0.1, 0.15) is 19.3 Å². The minimum Gasteiger partial charge on any atom is -0.464 e. The van der Waals surface area contributed by atoms with E-state index in [1.165, 1.54) is 0 Å². The van der Waals surface area contributed by atoms with E-state index in [4.69, 9.17) is 10.00 Å². The van der Waals surface area contributed by atoms with Crippen molar-refractivity contribution in [3.05, 3.63) is 0 Å². The van der Waals surface area contributed by atoms with Crippen LogP contribution in [-0.2, 0) is 9.53 Å². The van der Waals surface area contributed by atoms with Crippen LogP contribution in [0.3, 0.4) is 0 Å². The van der Waals surface area contributed by atoms with E-state index >= 15 is 0 Å². The molecule has 0 atom stereocenters. The predicted molar refractivity (Wildman–Crippen MR) is 52.9 cm³/mol. The van der Waals surface area contributed by atoms with Gasteiger partial charge in [0.15, 0.2) is 0 Å². The number of aliphatic hydroxyl groups excluding tert-OH is 1. The van der Waals surface area contributed by atoms with E-state index in [0.29, 0.717) is 13.2 Å². The summed E-state index contributed by atoms with van der Waals surface area (Å²) in [4.78, 5) is 13.0. The molecule has 1 N–H and O–H groups in total. The van der Waals surface area contributed by atoms with Crippen molar-refractivity contribution >= 4 is 5.97 Å². The molecule has 1 rings (SSSR count). The van der Waals surface area contributed by atoms with E-state index in [-0.39, 0.29) is 12.5 Å². The molecular weight excluding hydrogens is 196 g/mol. The highest BCUT2D eigenvalue weighted by atomic mass is 16.5. The van der Waals surface area contributed by atoms with Gasteiger partial charge in [-0.3, -0.25) is 9.69 Å². The molecule has 1 aliphatic rings. The van der Waals surface area contributed by atoms with Crippen molar-refractivity contribution in [3.8, 4) is 6.07 Å². The smallest absolute Gasteiger partial charge is 0.320 e. The first kappa shape index (κ1) is 12.0. The van der Waals surface area contributed by atoms with E-state index < -0.39 is 5.97 Å². The van der Waals surface area contributed by atoms with E-state index in [0.717, 1.165) is 25.9 Å². The molecule has 1 saturated heterocycles. The maximum Gasteiger partial charge on any atom is 0.320 e. The molecule has 0 saturated carbocycles. The zero-order valence-electron chi connectivity index (χ0n) is 8.69. The van der Waals surface area contributed by atoms with Crippen LogP contribution < -0.4 is 0 Å². The van der Waals surface area contributed by atoms with Gasteiger partial charge < -0.3 is 9.84 Å². The number of likely N-dealkylation sites (tertiary alicyclic amines) is 1. The van der Waals surface area contributed by atoms with Gasteiger partial charge in [-0.2, -0.15) is 5.26 Å². The Morgan fingerprint density at radius 1 is 1.53 bits per heavy atom. The van der Waals surface area contributed by atoms with Gasteiger partial charge in [-0.05, 0) is 12.8 Å². The highest BCUT2D eigenvalue weighted by Gasteiger charge is 2.16. The number of hydrogen-bond donors (Lipinski definition) is 1. The molecule has 1 aliphatic heterocycles. The molecule has 0 bridgehead atoms. The number of aliphatic hydroxyl groups is 1. The fraction of sp³-hybridized carbons (Fsp3) is 0.800. The van der Waals surface area contributed by atoms with Gasteiger partial charge in [-0.1, -0.05) is 0 Å². The summed E-state index contributed by atoms with van der Waals surface area (Å²) in [5, 5.41) is 17.5. The van der Waals surface area contributed by atoms with Gasteiger partial charge in [-0.25, -0.2) is 0 Å². The van der Waals surface area contributed by atoms with Gasteiger partial charge in [0, 0.05) is 19.6 Å². The fourth-order valence-electron chi connectivity index (χ4n) is 1.55.